The minimum absolute atomic E-state index is 0.105. The topological polar surface area (TPSA) is 9.23 Å². The van der Waals surface area contributed by atoms with E-state index in [1.165, 1.54) is 0 Å². The van der Waals surface area contributed by atoms with Gasteiger partial charge in [-0.2, -0.15) is 8.78 Å². The maximum Gasteiger partial charge on any atom is 0.387 e. The summed E-state index contributed by atoms with van der Waals surface area (Å²) in [6.45, 7) is -2.92. The minimum Gasteiger partial charge on any atom is -0.440 e. The second-order valence-corrected chi connectivity index (χ2v) is 0.659. The lowest BCUT2D eigenvalue weighted by Gasteiger charge is -1.91. The van der Waals surface area contributed by atoms with E-state index in [4.69, 9.17) is 0 Å². The number of rotatable bonds is 2. The van der Waals surface area contributed by atoms with E-state index in [-0.39, 0.29) is 12.6 Å². The van der Waals surface area contributed by atoms with Gasteiger partial charge in [-0.15, -0.1) is 0 Å². The van der Waals surface area contributed by atoms with Gasteiger partial charge < -0.3 is 4.74 Å². The normalized spacial score (nSPS) is 10.9. The fourth-order valence-corrected chi connectivity index (χ4v) is 0.0891. The molecule has 0 saturated heterocycles. The third-order valence-corrected chi connectivity index (χ3v) is 0.233. The van der Waals surface area contributed by atoms with Crippen LogP contribution >= 0.6 is 0 Å². The van der Waals surface area contributed by atoms with Gasteiger partial charge in [-0.1, -0.05) is 0 Å². The highest BCUT2D eigenvalue weighted by atomic mass is 19.3. The quantitative estimate of drug-likeness (QED) is 0.493. The Bertz CT molecular complexity index is 61.2. The van der Waals surface area contributed by atoms with Crippen molar-refractivity contribution in [3.05, 3.63) is 12.6 Å². The van der Waals surface area contributed by atoms with E-state index in [0.29, 0.717) is 0 Å². The molecule has 0 aliphatic carbocycles. The Kier molecular flexibility index (Phi) is 3.18. The van der Waals surface area contributed by atoms with Gasteiger partial charge in [0.15, 0.2) is 0 Å². The Morgan fingerprint density at radius 1 is 1.43 bits per heavy atom. The average Bonchev–Trinajstić information content (AvgIpc) is 1.61. The van der Waals surface area contributed by atoms with Crippen molar-refractivity contribution in [1.82, 2.24) is 0 Å². The van der Waals surface area contributed by atoms with Crippen molar-refractivity contribution in [2.24, 2.45) is 0 Å². The van der Waals surface area contributed by atoms with Gasteiger partial charge in [-0.3, -0.25) is 0 Å². The number of alkyl halides is 2. The van der Waals surface area contributed by atoms with Crippen LogP contribution in [0.1, 0.15) is 0 Å². The molecule has 1 nitrogen and oxygen atoms in total. The van der Waals surface area contributed by atoms with E-state index < -0.39 is 6.61 Å². The molecular weight excluding hydrogens is 109 g/mol. The summed E-state index contributed by atoms with van der Waals surface area (Å²) in [6.07, 6.45) is 0.177. The monoisotopic (exact) mass is 112 g/mol. The van der Waals surface area contributed by atoms with Gasteiger partial charge >= 0.3 is 6.61 Å². The maximum absolute atomic E-state index is 10.8. The molecule has 0 saturated carbocycles. The summed E-state index contributed by atoms with van der Waals surface area (Å²) in [5.41, 5.74) is 0. The molecule has 0 aromatic heterocycles. The summed E-state index contributed by atoms with van der Waals surface area (Å²) in [6, 6.07) is 0. The lowest BCUT2D eigenvalue weighted by atomic mass is 11.1. The van der Waals surface area contributed by atoms with E-state index >= 15 is 0 Å². The van der Waals surface area contributed by atoms with Crippen LogP contribution in [0.25, 0.3) is 0 Å². The number of hydrogen-bond acceptors (Lipinski definition) is 1. The summed E-state index contributed by atoms with van der Waals surface area (Å²) in [4.78, 5) is 0. The lowest BCUT2D eigenvalue weighted by molar-refractivity contribution is -0.0838. The Hall–Kier alpha value is -0.670. The van der Waals surface area contributed by atoms with Gasteiger partial charge in [0, 0.05) is 0 Å². The fraction of sp³-hybridized carbons (Fsp3) is 0.333. The molecule has 0 aromatic rings. The van der Waals surface area contributed by atoms with Gasteiger partial charge in [0.1, 0.15) is 12.6 Å². The highest BCUT2D eigenvalue weighted by molar-refractivity contribution is 4.56. The minimum atomic E-state index is -2.92. The molecule has 0 rings (SSSR count). The van der Waals surface area contributed by atoms with Crippen LogP contribution in [0.4, 0.5) is 13.2 Å². The maximum atomic E-state index is 10.8. The van der Waals surface area contributed by atoms with Crippen molar-refractivity contribution < 1.29 is 17.9 Å². The van der Waals surface area contributed by atoms with Crippen molar-refractivity contribution in [1.29, 1.82) is 0 Å². The molecule has 7 heavy (non-hydrogen) atoms. The van der Waals surface area contributed by atoms with Crippen LogP contribution in [0.15, 0.2) is 12.6 Å². The zero-order valence-electron chi connectivity index (χ0n) is 3.27. The number of halogens is 3. The van der Waals surface area contributed by atoms with Crippen molar-refractivity contribution in [2.45, 2.75) is 6.61 Å². The third kappa shape index (κ3) is 5.33. The summed E-state index contributed by atoms with van der Waals surface area (Å²) >= 11 is 0. The molecule has 42 valence electrons. The van der Waals surface area contributed by atoms with Crippen LogP contribution in [0.5, 0.6) is 0 Å². The fourth-order valence-electron chi connectivity index (χ4n) is 0.0891. The van der Waals surface area contributed by atoms with E-state index in [0.717, 1.165) is 0 Å². The SMILES string of the molecule is FC=COC(F)F. The summed E-state index contributed by atoms with van der Waals surface area (Å²) in [5, 5.41) is 0. The van der Waals surface area contributed by atoms with Gasteiger partial charge in [-0.05, 0) is 0 Å². The predicted molar refractivity (Wildman–Crippen MR) is 17.3 cm³/mol. The first-order valence-corrected chi connectivity index (χ1v) is 1.46. The van der Waals surface area contributed by atoms with Gasteiger partial charge in [-0.25, -0.2) is 4.39 Å². The molecule has 0 aliphatic rings. The Morgan fingerprint density at radius 2 is 2.00 bits per heavy atom. The zero-order chi connectivity index (χ0) is 5.70. The van der Waals surface area contributed by atoms with Gasteiger partial charge in [0.2, 0.25) is 0 Å². The van der Waals surface area contributed by atoms with Crippen LogP contribution in [-0.2, 0) is 4.74 Å². The number of hydrogen-bond donors (Lipinski definition) is 0. The van der Waals surface area contributed by atoms with Gasteiger partial charge in [0.05, 0.1) is 0 Å². The first-order chi connectivity index (χ1) is 3.27. The predicted octanol–water partition coefficient (Wildman–Crippen LogP) is 1.67. The zero-order valence-corrected chi connectivity index (χ0v) is 3.27. The molecule has 0 aromatic carbocycles. The molecule has 0 amide bonds. The molecular formula is C3H3F3O. The summed E-state index contributed by atoms with van der Waals surface area (Å²) in [5.74, 6) is 0. The van der Waals surface area contributed by atoms with Crippen molar-refractivity contribution in [3.63, 3.8) is 0 Å². The first-order valence-electron chi connectivity index (χ1n) is 1.46. The molecule has 0 spiro atoms. The Balaban J connectivity index is 2.97. The molecule has 0 unspecified atom stereocenters. The van der Waals surface area contributed by atoms with E-state index in [9.17, 15) is 13.2 Å². The molecule has 0 bridgehead atoms. The first kappa shape index (κ1) is 6.33. The Labute approximate surface area is 38.4 Å². The smallest absolute Gasteiger partial charge is 0.387 e. The average molecular weight is 112 g/mol. The highest BCUT2D eigenvalue weighted by Crippen LogP contribution is 1.93. The van der Waals surface area contributed by atoms with Gasteiger partial charge in [0.25, 0.3) is 0 Å². The van der Waals surface area contributed by atoms with Crippen LogP contribution < -0.4 is 0 Å². The molecule has 0 N–H and O–H groups in total. The molecule has 0 heterocycles. The van der Waals surface area contributed by atoms with Crippen molar-refractivity contribution >= 4 is 0 Å². The lowest BCUT2D eigenvalue weighted by Crippen LogP contribution is -1.88. The molecule has 0 aliphatic heterocycles. The molecule has 0 radical (unpaired) electrons. The summed E-state index contributed by atoms with van der Waals surface area (Å²) in [7, 11) is 0. The molecule has 0 fully saturated rings. The second kappa shape index (κ2) is 3.52. The van der Waals surface area contributed by atoms with Crippen LogP contribution in [0.2, 0.25) is 0 Å². The second-order valence-electron chi connectivity index (χ2n) is 0.659. The van der Waals surface area contributed by atoms with E-state index in [1.54, 1.807) is 0 Å². The molecule has 4 heteroatoms. The third-order valence-electron chi connectivity index (χ3n) is 0.233. The summed E-state index contributed by atoms with van der Waals surface area (Å²) < 4.78 is 35.6. The largest absolute Gasteiger partial charge is 0.440 e. The molecule has 0 atom stereocenters. The van der Waals surface area contributed by atoms with Crippen molar-refractivity contribution in [2.75, 3.05) is 0 Å². The standard InChI is InChI=1S/C3H3F3O/c4-1-2-7-3(5)6/h1-3H. The van der Waals surface area contributed by atoms with Crippen LogP contribution in [0.3, 0.4) is 0 Å². The van der Waals surface area contributed by atoms with Crippen molar-refractivity contribution in [3.8, 4) is 0 Å². The van der Waals surface area contributed by atoms with E-state index in [1.807, 2.05) is 0 Å². The highest BCUT2D eigenvalue weighted by Gasteiger charge is 1.94. The Morgan fingerprint density at radius 3 is 2.14 bits per heavy atom. The van der Waals surface area contributed by atoms with Crippen LogP contribution in [0, 0.1) is 0 Å². The van der Waals surface area contributed by atoms with Crippen LogP contribution in [-0.4, -0.2) is 6.61 Å². The van der Waals surface area contributed by atoms with E-state index in [2.05, 4.69) is 4.74 Å². The number of ether oxygens (including phenoxy) is 1.